The summed E-state index contributed by atoms with van der Waals surface area (Å²) >= 11 is 0. The highest BCUT2D eigenvalue weighted by Gasteiger charge is 2.35. The van der Waals surface area contributed by atoms with E-state index in [0.717, 1.165) is 25.0 Å². The number of halogens is 3. The molecule has 1 N–H and O–H groups in total. The van der Waals surface area contributed by atoms with E-state index in [1.807, 2.05) is 0 Å². The predicted molar refractivity (Wildman–Crippen MR) is 98.0 cm³/mol. The Balaban J connectivity index is 1.61. The molecule has 1 saturated heterocycles. The molecule has 1 aliphatic carbocycles. The fraction of sp³-hybridized carbons (Fsp3) is 0.632. The summed E-state index contributed by atoms with van der Waals surface area (Å²) in [6, 6.07) is 2.60. The van der Waals surface area contributed by atoms with Gasteiger partial charge in [-0.15, -0.1) is 0 Å². The molecule has 1 amide bonds. The van der Waals surface area contributed by atoms with E-state index < -0.39 is 22.4 Å². The molecular weight excluding hydrogens is 375 g/mol. The Bertz CT molecular complexity index is 725. The molecule has 1 aromatic carbocycles. The number of carbonyl (C=O) groups is 1. The minimum atomic E-state index is -4.63. The fourth-order valence-electron chi connectivity index (χ4n) is 4.10. The molecule has 0 aromatic heterocycles. The molecule has 2 fully saturated rings. The second kappa shape index (κ2) is 8.36. The Morgan fingerprint density at radius 1 is 1.18 bits per heavy atom. The van der Waals surface area contributed by atoms with Crippen molar-refractivity contribution in [3.63, 3.8) is 0 Å². The number of nitrogens with one attached hydrogen (secondary N) is 1. The lowest BCUT2D eigenvalue weighted by Gasteiger charge is -2.33. The van der Waals surface area contributed by atoms with Crippen LogP contribution >= 0.6 is 0 Å². The lowest BCUT2D eigenvalue weighted by atomic mass is 9.95. The van der Waals surface area contributed by atoms with Crippen LogP contribution in [-0.2, 0) is 11.0 Å². The van der Waals surface area contributed by atoms with E-state index >= 15 is 0 Å². The number of nitro groups is 1. The summed E-state index contributed by atoms with van der Waals surface area (Å²) < 4.78 is 38.5. The van der Waals surface area contributed by atoms with Gasteiger partial charge in [0, 0.05) is 31.6 Å². The highest BCUT2D eigenvalue weighted by atomic mass is 19.4. The zero-order chi connectivity index (χ0) is 20.3. The third kappa shape index (κ3) is 4.74. The van der Waals surface area contributed by atoms with Crippen LogP contribution < -0.4 is 10.2 Å². The van der Waals surface area contributed by atoms with Crippen molar-refractivity contribution in [2.24, 2.45) is 11.8 Å². The van der Waals surface area contributed by atoms with Gasteiger partial charge in [0.15, 0.2) is 0 Å². The van der Waals surface area contributed by atoms with Crippen LogP contribution in [0.3, 0.4) is 0 Å². The maximum atomic E-state index is 12.8. The summed E-state index contributed by atoms with van der Waals surface area (Å²) in [5, 5.41) is 14.3. The number of hydrogen-bond donors (Lipinski definition) is 1. The van der Waals surface area contributed by atoms with Crippen molar-refractivity contribution >= 4 is 17.3 Å². The third-order valence-electron chi connectivity index (χ3n) is 5.75. The van der Waals surface area contributed by atoms with Gasteiger partial charge in [0.1, 0.15) is 5.69 Å². The third-order valence-corrected chi connectivity index (χ3v) is 5.75. The number of piperidine rings is 1. The molecule has 154 valence electrons. The fourth-order valence-corrected chi connectivity index (χ4v) is 4.10. The standard InChI is InChI=1S/C19H24F3N3O3/c20-19(21,22)15-5-6-16(17(11-15)25(27)28)24-9-7-14(8-10-24)18(26)23-12-13-3-1-2-4-13/h5-6,11,13-14H,1-4,7-10,12H2,(H,23,26). The maximum Gasteiger partial charge on any atom is 0.416 e. The second-order valence-corrected chi connectivity index (χ2v) is 7.62. The molecule has 1 saturated carbocycles. The zero-order valence-electron chi connectivity index (χ0n) is 15.5. The number of hydrogen-bond acceptors (Lipinski definition) is 4. The first kappa shape index (κ1) is 20.4. The molecule has 1 aromatic rings. The number of amides is 1. The monoisotopic (exact) mass is 399 g/mol. The first-order valence-corrected chi connectivity index (χ1v) is 9.64. The van der Waals surface area contributed by atoms with E-state index in [4.69, 9.17) is 0 Å². The number of alkyl halides is 3. The minimum Gasteiger partial charge on any atom is -0.366 e. The molecular formula is C19H24F3N3O3. The maximum absolute atomic E-state index is 12.8. The number of carbonyl (C=O) groups excluding carboxylic acids is 1. The zero-order valence-corrected chi connectivity index (χ0v) is 15.5. The van der Waals surface area contributed by atoms with Gasteiger partial charge in [-0.1, -0.05) is 12.8 Å². The lowest BCUT2D eigenvalue weighted by Crippen LogP contribution is -2.41. The molecule has 2 aliphatic rings. The molecule has 0 radical (unpaired) electrons. The van der Waals surface area contributed by atoms with Crippen molar-refractivity contribution in [2.45, 2.75) is 44.7 Å². The van der Waals surface area contributed by atoms with E-state index in [0.29, 0.717) is 44.5 Å². The predicted octanol–water partition coefficient (Wildman–Crippen LogP) is 4.14. The molecule has 1 aliphatic heterocycles. The van der Waals surface area contributed by atoms with Crippen LogP contribution in [0.25, 0.3) is 0 Å². The summed E-state index contributed by atoms with van der Waals surface area (Å²) in [6.45, 7) is 1.49. The number of benzene rings is 1. The molecule has 28 heavy (non-hydrogen) atoms. The molecule has 0 atom stereocenters. The van der Waals surface area contributed by atoms with Crippen molar-refractivity contribution in [1.29, 1.82) is 0 Å². The minimum absolute atomic E-state index is 0.00784. The van der Waals surface area contributed by atoms with Crippen molar-refractivity contribution in [3.8, 4) is 0 Å². The largest absolute Gasteiger partial charge is 0.416 e. The Morgan fingerprint density at radius 2 is 1.82 bits per heavy atom. The van der Waals surface area contributed by atoms with Gasteiger partial charge in [-0.25, -0.2) is 0 Å². The highest BCUT2D eigenvalue weighted by molar-refractivity contribution is 5.79. The summed E-state index contributed by atoms with van der Waals surface area (Å²) in [4.78, 5) is 24.5. The van der Waals surface area contributed by atoms with Crippen LogP contribution in [0, 0.1) is 22.0 Å². The van der Waals surface area contributed by atoms with Crippen LogP contribution in [0.15, 0.2) is 18.2 Å². The van der Waals surface area contributed by atoms with Crippen molar-refractivity contribution in [3.05, 3.63) is 33.9 Å². The summed E-state index contributed by atoms with van der Waals surface area (Å²) in [5.74, 6) is 0.401. The summed E-state index contributed by atoms with van der Waals surface area (Å²) in [7, 11) is 0. The van der Waals surface area contributed by atoms with E-state index in [2.05, 4.69) is 5.32 Å². The van der Waals surface area contributed by atoms with Crippen LogP contribution in [0.1, 0.15) is 44.1 Å². The van der Waals surface area contributed by atoms with Gasteiger partial charge >= 0.3 is 6.18 Å². The Hall–Kier alpha value is -2.32. The van der Waals surface area contributed by atoms with Crippen LogP contribution in [0.4, 0.5) is 24.5 Å². The van der Waals surface area contributed by atoms with Gasteiger partial charge in [-0.05, 0) is 43.7 Å². The van der Waals surface area contributed by atoms with Gasteiger partial charge in [0.2, 0.25) is 5.91 Å². The molecule has 9 heteroatoms. The first-order valence-electron chi connectivity index (χ1n) is 9.64. The number of nitrogens with zero attached hydrogens (tertiary/aromatic N) is 2. The van der Waals surface area contributed by atoms with Crippen LogP contribution in [0.5, 0.6) is 0 Å². The molecule has 0 unspecified atom stereocenters. The van der Waals surface area contributed by atoms with E-state index in [-0.39, 0.29) is 17.5 Å². The van der Waals surface area contributed by atoms with Crippen LogP contribution in [0.2, 0.25) is 0 Å². The summed E-state index contributed by atoms with van der Waals surface area (Å²) in [5.41, 5.74) is -1.43. The topological polar surface area (TPSA) is 75.5 Å². The SMILES string of the molecule is O=C(NCC1CCCC1)C1CCN(c2ccc(C(F)(F)F)cc2[N+](=O)[O-])CC1. The van der Waals surface area contributed by atoms with Crippen molar-refractivity contribution < 1.29 is 22.9 Å². The number of nitro benzene ring substituents is 1. The van der Waals surface area contributed by atoms with Gasteiger partial charge in [0.25, 0.3) is 5.69 Å². The van der Waals surface area contributed by atoms with Crippen molar-refractivity contribution in [2.75, 3.05) is 24.5 Å². The first-order chi connectivity index (χ1) is 13.3. The lowest BCUT2D eigenvalue weighted by molar-refractivity contribution is -0.384. The number of anilines is 1. The molecule has 3 rings (SSSR count). The number of rotatable bonds is 5. The van der Waals surface area contributed by atoms with Gasteiger partial charge in [-0.3, -0.25) is 14.9 Å². The second-order valence-electron chi connectivity index (χ2n) is 7.62. The summed E-state index contributed by atoms with van der Waals surface area (Å²) in [6.07, 6.45) is 1.14. The normalized spacial score (nSPS) is 19.0. The van der Waals surface area contributed by atoms with Gasteiger partial charge in [-0.2, -0.15) is 13.2 Å². The van der Waals surface area contributed by atoms with E-state index in [9.17, 15) is 28.1 Å². The van der Waals surface area contributed by atoms with E-state index in [1.54, 1.807) is 4.90 Å². The highest BCUT2D eigenvalue weighted by Crippen LogP contribution is 2.37. The average Bonchev–Trinajstić information content (AvgIpc) is 3.18. The average molecular weight is 399 g/mol. The molecule has 0 spiro atoms. The van der Waals surface area contributed by atoms with Crippen molar-refractivity contribution in [1.82, 2.24) is 5.32 Å². The molecule has 0 bridgehead atoms. The van der Waals surface area contributed by atoms with Gasteiger partial charge in [0.05, 0.1) is 10.5 Å². The van der Waals surface area contributed by atoms with E-state index in [1.165, 1.54) is 12.8 Å². The Kier molecular flexibility index (Phi) is 6.10. The Morgan fingerprint density at radius 3 is 2.39 bits per heavy atom. The smallest absolute Gasteiger partial charge is 0.366 e. The molecule has 6 nitrogen and oxygen atoms in total. The quantitative estimate of drug-likeness (QED) is 0.597. The molecule has 1 heterocycles. The van der Waals surface area contributed by atoms with Crippen LogP contribution in [-0.4, -0.2) is 30.5 Å². The Labute approximate surface area is 161 Å². The van der Waals surface area contributed by atoms with Gasteiger partial charge < -0.3 is 10.2 Å².